The number of pyridine rings is 2. The van der Waals surface area contributed by atoms with Crippen LogP contribution in [0.4, 0.5) is 5.69 Å². The van der Waals surface area contributed by atoms with E-state index in [9.17, 15) is 9.90 Å². The number of aromatic hydroxyl groups is 1. The third-order valence-corrected chi connectivity index (χ3v) is 2.24. The Labute approximate surface area is 91.8 Å². The van der Waals surface area contributed by atoms with Crippen LogP contribution in [-0.2, 0) is 6.54 Å². The predicted octanol–water partition coefficient (Wildman–Crippen LogP) is 0.579. The summed E-state index contributed by atoms with van der Waals surface area (Å²) in [7, 11) is 0. The van der Waals surface area contributed by atoms with E-state index in [1.54, 1.807) is 12.3 Å². The van der Waals surface area contributed by atoms with Crippen molar-refractivity contribution in [2.45, 2.75) is 6.54 Å². The Balaban J connectivity index is 2.37. The molecule has 5 nitrogen and oxygen atoms in total. The molecule has 0 fully saturated rings. The second-order valence-electron chi connectivity index (χ2n) is 3.37. The van der Waals surface area contributed by atoms with Crippen molar-refractivity contribution in [3.63, 3.8) is 0 Å². The molecule has 3 N–H and O–H groups in total. The summed E-state index contributed by atoms with van der Waals surface area (Å²) in [6.45, 7) is 0.337. The van der Waals surface area contributed by atoms with E-state index < -0.39 is 5.56 Å². The van der Waals surface area contributed by atoms with E-state index in [1.165, 1.54) is 16.8 Å². The highest BCUT2D eigenvalue weighted by molar-refractivity contribution is 5.48. The summed E-state index contributed by atoms with van der Waals surface area (Å²) in [6, 6.07) is 6.85. The van der Waals surface area contributed by atoms with Crippen molar-refractivity contribution in [1.82, 2.24) is 9.55 Å². The average Bonchev–Trinajstić information content (AvgIpc) is 2.31. The lowest BCUT2D eigenvalue weighted by Gasteiger charge is -2.06. The first-order valence-corrected chi connectivity index (χ1v) is 4.76. The number of rotatable bonds is 2. The van der Waals surface area contributed by atoms with Crippen LogP contribution in [0.15, 0.2) is 41.5 Å². The minimum Gasteiger partial charge on any atom is -0.506 e. The van der Waals surface area contributed by atoms with Crippen LogP contribution in [0.5, 0.6) is 5.75 Å². The van der Waals surface area contributed by atoms with Crippen molar-refractivity contribution >= 4 is 5.69 Å². The molecule has 0 aliphatic heterocycles. The standard InChI is InChI=1S/C11H11N3O2/c12-10-9(15)4-6-14(11(10)16)7-8-3-1-2-5-13-8/h1-6,15H,7,12H2. The van der Waals surface area contributed by atoms with Crippen LogP contribution in [0.25, 0.3) is 0 Å². The molecule has 0 unspecified atom stereocenters. The summed E-state index contributed by atoms with van der Waals surface area (Å²) in [6.07, 6.45) is 3.15. The summed E-state index contributed by atoms with van der Waals surface area (Å²) >= 11 is 0. The van der Waals surface area contributed by atoms with E-state index in [0.717, 1.165) is 5.69 Å². The highest BCUT2D eigenvalue weighted by atomic mass is 16.3. The van der Waals surface area contributed by atoms with Gasteiger partial charge in [-0.3, -0.25) is 9.78 Å². The molecule has 82 valence electrons. The Morgan fingerprint density at radius 2 is 2.19 bits per heavy atom. The van der Waals surface area contributed by atoms with Crippen LogP contribution in [-0.4, -0.2) is 14.7 Å². The fourth-order valence-corrected chi connectivity index (χ4v) is 1.37. The first-order valence-electron chi connectivity index (χ1n) is 4.76. The Bertz CT molecular complexity index is 549. The van der Waals surface area contributed by atoms with Gasteiger partial charge in [-0.05, 0) is 18.2 Å². The number of nitrogens with two attached hydrogens (primary N) is 1. The van der Waals surface area contributed by atoms with Gasteiger partial charge in [0.05, 0.1) is 12.2 Å². The fourth-order valence-electron chi connectivity index (χ4n) is 1.37. The van der Waals surface area contributed by atoms with E-state index in [2.05, 4.69) is 4.98 Å². The molecule has 0 saturated heterocycles. The van der Waals surface area contributed by atoms with E-state index in [1.807, 2.05) is 12.1 Å². The molecular weight excluding hydrogens is 206 g/mol. The molecule has 2 aromatic rings. The summed E-state index contributed by atoms with van der Waals surface area (Å²) < 4.78 is 1.40. The van der Waals surface area contributed by atoms with E-state index in [0.29, 0.717) is 6.54 Å². The van der Waals surface area contributed by atoms with Crippen molar-refractivity contribution in [3.8, 4) is 5.75 Å². The van der Waals surface area contributed by atoms with Crippen molar-refractivity contribution in [1.29, 1.82) is 0 Å². The predicted molar refractivity (Wildman–Crippen MR) is 60.1 cm³/mol. The van der Waals surface area contributed by atoms with Crippen LogP contribution in [0.2, 0.25) is 0 Å². The molecule has 2 rings (SSSR count). The molecule has 0 amide bonds. The maximum atomic E-state index is 11.6. The van der Waals surface area contributed by atoms with E-state index >= 15 is 0 Å². The van der Waals surface area contributed by atoms with Gasteiger partial charge in [-0.2, -0.15) is 0 Å². The molecule has 0 atom stereocenters. The second kappa shape index (κ2) is 4.06. The van der Waals surface area contributed by atoms with Crippen LogP contribution in [0.3, 0.4) is 0 Å². The molecule has 2 heterocycles. The van der Waals surface area contributed by atoms with Gasteiger partial charge >= 0.3 is 0 Å². The quantitative estimate of drug-likeness (QED) is 0.771. The Morgan fingerprint density at radius 1 is 1.38 bits per heavy atom. The van der Waals surface area contributed by atoms with Gasteiger partial charge in [0.15, 0.2) is 0 Å². The maximum absolute atomic E-state index is 11.6. The van der Waals surface area contributed by atoms with E-state index in [4.69, 9.17) is 5.73 Å². The lowest BCUT2D eigenvalue weighted by Crippen LogP contribution is -2.23. The minimum atomic E-state index is -0.411. The first kappa shape index (κ1) is 10.2. The summed E-state index contributed by atoms with van der Waals surface area (Å²) in [5, 5.41) is 9.24. The van der Waals surface area contributed by atoms with Crippen molar-refractivity contribution < 1.29 is 5.11 Å². The van der Waals surface area contributed by atoms with Crippen LogP contribution in [0.1, 0.15) is 5.69 Å². The summed E-state index contributed by atoms with van der Waals surface area (Å²) in [5.74, 6) is -0.192. The largest absolute Gasteiger partial charge is 0.506 e. The number of nitrogens with zero attached hydrogens (tertiary/aromatic N) is 2. The average molecular weight is 217 g/mol. The normalized spacial score (nSPS) is 10.2. The van der Waals surface area contributed by atoms with Gasteiger partial charge in [-0.1, -0.05) is 6.07 Å². The Kier molecular flexibility index (Phi) is 2.59. The lowest BCUT2D eigenvalue weighted by atomic mass is 10.3. The number of hydrogen-bond donors (Lipinski definition) is 2. The van der Waals surface area contributed by atoms with Crippen molar-refractivity contribution in [2.24, 2.45) is 0 Å². The zero-order valence-electron chi connectivity index (χ0n) is 8.50. The van der Waals surface area contributed by atoms with Gasteiger partial charge in [-0.15, -0.1) is 0 Å². The topological polar surface area (TPSA) is 81.1 Å². The SMILES string of the molecule is Nc1c(O)ccn(Cc2ccccn2)c1=O. The number of hydrogen-bond acceptors (Lipinski definition) is 4. The summed E-state index contributed by atoms with van der Waals surface area (Å²) in [4.78, 5) is 15.7. The van der Waals surface area contributed by atoms with Gasteiger partial charge < -0.3 is 15.4 Å². The minimum absolute atomic E-state index is 0.140. The van der Waals surface area contributed by atoms with Gasteiger partial charge in [0.25, 0.3) is 5.56 Å². The van der Waals surface area contributed by atoms with Crippen LogP contribution >= 0.6 is 0 Å². The lowest BCUT2D eigenvalue weighted by molar-refractivity contribution is 0.474. The van der Waals surface area contributed by atoms with Crippen LogP contribution < -0.4 is 11.3 Å². The zero-order valence-corrected chi connectivity index (χ0v) is 8.50. The van der Waals surface area contributed by atoms with Crippen molar-refractivity contribution in [2.75, 3.05) is 5.73 Å². The number of nitrogen functional groups attached to an aromatic ring is 1. The first-order chi connectivity index (χ1) is 7.68. The summed E-state index contributed by atoms with van der Waals surface area (Å²) in [5.41, 5.74) is 5.64. The van der Waals surface area contributed by atoms with Gasteiger partial charge in [0.1, 0.15) is 11.4 Å². The maximum Gasteiger partial charge on any atom is 0.277 e. The van der Waals surface area contributed by atoms with Crippen LogP contribution in [0, 0.1) is 0 Å². The smallest absolute Gasteiger partial charge is 0.277 e. The molecule has 0 aliphatic rings. The Morgan fingerprint density at radius 3 is 2.88 bits per heavy atom. The zero-order chi connectivity index (χ0) is 11.5. The molecule has 0 aliphatic carbocycles. The number of aromatic nitrogens is 2. The highest BCUT2D eigenvalue weighted by Gasteiger charge is 2.05. The molecule has 0 saturated carbocycles. The second-order valence-corrected chi connectivity index (χ2v) is 3.37. The monoisotopic (exact) mass is 217 g/mol. The molecule has 0 radical (unpaired) electrons. The van der Waals surface area contributed by atoms with Gasteiger partial charge in [0, 0.05) is 12.4 Å². The molecule has 2 aromatic heterocycles. The molecule has 0 aromatic carbocycles. The molecule has 16 heavy (non-hydrogen) atoms. The van der Waals surface area contributed by atoms with Gasteiger partial charge in [0.2, 0.25) is 0 Å². The van der Waals surface area contributed by atoms with Crippen molar-refractivity contribution in [3.05, 3.63) is 52.7 Å². The highest BCUT2D eigenvalue weighted by Crippen LogP contribution is 2.12. The third kappa shape index (κ3) is 1.88. The third-order valence-electron chi connectivity index (χ3n) is 2.24. The number of anilines is 1. The Hall–Kier alpha value is -2.30. The van der Waals surface area contributed by atoms with E-state index in [-0.39, 0.29) is 11.4 Å². The fraction of sp³-hybridized carbons (Fsp3) is 0.0909. The molecule has 5 heteroatoms. The molecular formula is C11H11N3O2. The molecule has 0 bridgehead atoms. The molecule has 0 spiro atoms. The van der Waals surface area contributed by atoms with Gasteiger partial charge in [-0.25, -0.2) is 0 Å².